The molecular weight excluding hydrogens is 214 g/mol. The Bertz CT molecular complexity index is 527. The van der Waals surface area contributed by atoms with E-state index in [9.17, 15) is 4.79 Å². The zero-order chi connectivity index (χ0) is 10.8. The van der Waals surface area contributed by atoms with E-state index in [-0.39, 0.29) is 5.76 Å². The number of halogens is 1. The fraction of sp³-hybridized carbons (Fsp3) is 0.364. The van der Waals surface area contributed by atoms with E-state index in [1.165, 1.54) is 0 Å². The highest BCUT2D eigenvalue weighted by Crippen LogP contribution is 2.17. The van der Waals surface area contributed by atoms with Gasteiger partial charge in [-0.2, -0.15) is 0 Å². The Kier molecular flexibility index (Phi) is 2.82. The fourth-order valence-electron chi connectivity index (χ4n) is 1.72. The lowest BCUT2D eigenvalue weighted by Crippen LogP contribution is -2.14. The third kappa shape index (κ3) is 1.79. The first-order valence-corrected chi connectivity index (χ1v) is 5.42. The monoisotopic (exact) mass is 225 g/mol. The molecule has 1 aromatic heterocycles. The summed E-state index contributed by atoms with van der Waals surface area (Å²) in [5, 5.41) is 0. The minimum Gasteiger partial charge on any atom is -0.408 e. The van der Waals surface area contributed by atoms with Gasteiger partial charge in [0.15, 0.2) is 5.58 Å². The summed E-state index contributed by atoms with van der Waals surface area (Å²) >= 11 is 5.62. The van der Waals surface area contributed by atoms with Crippen LogP contribution >= 0.6 is 11.6 Å². The van der Waals surface area contributed by atoms with Gasteiger partial charge < -0.3 is 4.42 Å². The highest BCUT2D eigenvalue weighted by molar-refractivity contribution is 6.17. The summed E-state index contributed by atoms with van der Waals surface area (Å²) in [6, 6.07) is 5.65. The number of nitrogens with zero attached hydrogens (tertiary/aromatic N) is 1. The summed E-state index contributed by atoms with van der Waals surface area (Å²) in [6.45, 7) is 2.58. The zero-order valence-corrected chi connectivity index (χ0v) is 9.25. The Hall–Kier alpha value is -1.22. The molecule has 1 heterocycles. The van der Waals surface area contributed by atoms with Crippen molar-refractivity contribution in [2.24, 2.45) is 0 Å². The Morgan fingerprint density at radius 2 is 2.27 bits per heavy atom. The van der Waals surface area contributed by atoms with Crippen molar-refractivity contribution < 1.29 is 4.42 Å². The quantitative estimate of drug-likeness (QED) is 0.753. The maximum Gasteiger partial charge on any atom is 0.419 e. The highest BCUT2D eigenvalue weighted by Gasteiger charge is 2.09. The molecule has 2 aromatic rings. The first kappa shape index (κ1) is 10.3. The normalized spacial score (nSPS) is 11.1. The number of alkyl halides is 1. The van der Waals surface area contributed by atoms with Crippen LogP contribution in [-0.2, 0) is 6.54 Å². The Balaban J connectivity index is 2.61. The van der Waals surface area contributed by atoms with Crippen LogP contribution in [0.1, 0.15) is 12.0 Å². The summed E-state index contributed by atoms with van der Waals surface area (Å²) in [5.74, 6) is 0.245. The molecule has 0 amide bonds. The number of aromatic nitrogens is 1. The van der Waals surface area contributed by atoms with Crippen molar-refractivity contribution >= 4 is 22.7 Å². The van der Waals surface area contributed by atoms with Crippen LogP contribution in [0.25, 0.3) is 11.1 Å². The molecule has 0 saturated carbocycles. The molecule has 0 aliphatic carbocycles. The topological polar surface area (TPSA) is 35.1 Å². The van der Waals surface area contributed by atoms with Crippen LogP contribution in [0.3, 0.4) is 0 Å². The van der Waals surface area contributed by atoms with Crippen molar-refractivity contribution in [2.45, 2.75) is 19.9 Å². The van der Waals surface area contributed by atoms with Gasteiger partial charge >= 0.3 is 5.76 Å². The largest absolute Gasteiger partial charge is 0.419 e. The maximum atomic E-state index is 11.5. The van der Waals surface area contributed by atoms with Gasteiger partial charge in [0.25, 0.3) is 0 Å². The highest BCUT2D eigenvalue weighted by atomic mass is 35.5. The molecule has 0 aliphatic rings. The summed E-state index contributed by atoms with van der Waals surface area (Å²) in [6.07, 6.45) is 0.768. The molecule has 0 spiro atoms. The van der Waals surface area contributed by atoms with Gasteiger partial charge in [-0.1, -0.05) is 12.1 Å². The average molecular weight is 226 g/mol. The molecule has 0 fully saturated rings. The van der Waals surface area contributed by atoms with E-state index in [0.29, 0.717) is 18.0 Å². The third-order valence-corrected chi connectivity index (χ3v) is 2.67. The van der Waals surface area contributed by atoms with E-state index >= 15 is 0 Å². The molecule has 4 heteroatoms. The van der Waals surface area contributed by atoms with Crippen molar-refractivity contribution in [2.75, 3.05) is 5.88 Å². The van der Waals surface area contributed by atoms with Crippen LogP contribution in [-0.4, -0.2) is 10.4 Å². The SMILES string of the molecule is Cc1cccc2oc(=O)n(CCCCl)c12. The zero-order valence-electron chi connectivity index (χ0n) is 8.50. The molecule has 3 nitrogen and oxygen atoms in total. The van der Waals surface area contributed by atoms with E-state index < -0.39 is 0 Å². The third-order valence-electron chi connectivity index (χ3n) is 2.40. The second-order valence-electron chi connectivity index (χ2n) is 3.48. The second-order valence-corrected chi connectivity index (χ2v) is 3.86. The van der Waals surface area contributed by atoms with Crippen LogP contribution in [0.4, 0.5) is 0 Å². The summed E-state index contributed by atoms with van der Waals surface area (Å²) in [5.41, 5.74) is 2.58. The lowest BCUT2D eigenvalue weighted by Gasteiger charge is -2.01. The van der Waals surface area contributed by atoms with Gasteiger partial charge in [-0.15, -0.1) is 11.6 Å². The van der Waals surface area contributed by atoms with E-state index in [2.05, 4.69) is 0 Å². The molecular formula is C11H12ClNO2. The number of rotatable bonds is 3. The summed E-state index contributed by atoms with van der Waals surface area (Å²) < 4.78 is 6.79. The van der Waals surface area contributed by atoms with Crippen LogP contribution in [0, 0.1) is 6.92 Å². The van der Waals surface area contributed by atoms with Crippen molar-refractivity contribution in [3.8, 4) is 0 Å². The molecule has 80 valence electrons. The number of oxazole rings is 1. The van der Waals surface area contributed by atoms with Crippen molar-refractivity contribution in [1.29, 1.82) is 0 Å². The van der Waals surface area contributed by atoms with Crippen LogP contribution in [0.15, 0.2) is 27.4 Å². The predicted molar refractivity (Wildman–Crippen MR) is 60.5 cm³/mol. The number of hydrogen-bond donors (Lipinski definition) is 0. The van der Waals surface area contributed by atoms with E-state index in [4.69, 9.17) is 16.0 Å². The maximum absolute atomic E-state index is 11.5. The molecule has 0 N–H and O–H groups in total. The molecule has 15 heavy (non-hydrogen) atoms. The first-order valence-electron chi connectivity index (χ1n) is 4.89. The predicted octanol–water partition coefficient (Wildman–Crippen LogP) is 2.53. The molecule has 0 radical (unpaired) electrons. The van der Waals surface area contributed by atoms with Crippen LogP contribution in [0.5, 0.6) is 0 Å². The number of benzene rings is 1. The van der Waals surface area contributed by atoms with E-state index in [1.54, 1.807) is 10.6 Å². The molecule has 0 aliphatic heterocycles. The Morgan fingerprint density at radius 3 is 3.00 bits per heavy atom. The van der Waals surface area contributed by atoms with Gasteiger partial charge in [0, 0.05) is 12.4 Å². The van der Waals surface area contributed by atoms with Gasteiger partial charge in [-0.25, -0.2) is 4.79 Å². The average Bonchev–Trinajstić information content (AvgIpc) is 2.53. The molecule has 1 aromatic carbocycles. The number of hydrogen-bond acceptors (Lipinski definition) is 2. The second kappa shape index (κ2) is 4.11. The summed E-state index contributed by atoms with van der Waals surface area (Å²) in [7, 11) is 0. The first-order chi connectivity index (χ1) is 7.24. The van der Waals surface area contributed by atoms with Gasteiger partial charge in [0.05, 0.1) is 5.52 Å². The molecule has 0 bridgehead atoms. The van der Waals surface area contributed by atoms with Crippen LogP contribution in [0.2, 0.25) is 0 Å². The Morgan fingerprint density at radius 1 is 1.47 bits per heavy atom. The lowest BCUT2D eigenvalue weighted by molar-refractivity contribution is 0.503. The van der Waals surface area contributed by atoms with E-state index in [1.807, 2.05) is 19.1 Å². The lowest BCUT2D eigenvalue weighted by atomic mass is 10.2. The number of aryl methyl sites for hydroxylation is 2. The van der Waals surface area contributed by atoms with Gasteiger partial charge in [-0.05, 0) is 25.0 Å². The fourth-order valence-corrected chi connectivity index (χ4v) is 1.84. The van der Waals surface area contributed by atoms with Gasteiger partial charge in [0.2, 0.25) is 0 Å². The Labute approximate surface area is 92.3 Å². The minimum absolute atomic E-state index is 0.301. The van der Waals surface area contributed by atoms with Crippen LogP contribution < -0.4 is 5.76 Å². The van der Waals surface area contributed by atoms with Crippen molar-refractivity contribution in [3.63, 3.8) is 0 Å². The smallest absolute Gasteiger partial charge is 0.408 e. The van der Waals surface area contributed by atoms with Crippen molar-refractivity contribution in [1.82, 2.24) is 4.57 Å². The number of para-hydroxylation sites is 1. The van der Waals surface area contributed by atoms with Gasteiger partial charge in [0.1, 0.15) is 0 Å². The molecule has 0 atom stereocenters. The molecule has 0 saturated heterocycles. The standard InChI is InChI=1S/C11H12ClNO2/c1-8-4-2-5-9-10(8)13(7-3-6-12)11(14)15-9/h2,4-5H,3,6-7H2,1H3. The summed E-state index contributed by atoms with van der Waals surface area (Å²) in [4.78, 5) is 11.5. The van der Waals surface area contributed by atoms with Crippen molar-refractivity contribution in [3.05, 3.63) is 34.3 Å². The molecule has 2 rings (SSSR count). The van der Waals surface area contributed by atoms with E-state index in [0.717, 1.165) is 17.5 Å². The van der Waals surface area contributed by atoms with Gasteiger partial charge in [-0.3, -0.25) is 4.57 Å². The molecule has 0 unspecified atom stereocenters. The minimum atomic E-state index is -0.301. The number of fused-ring (bicyclic) bond motifs is 1.